The molecule has 0 bridgehead atoms. The summed E-state index contributed by atoms with van der Waals surface area (Å²) < 4.78 is 5.20. The molecule has 15 heavy (non-hydrogen) atoms. The second-order valence-corrected chi connectivity index (χ2v) is 3.80. The van der Waals surface area contributed by atoms with Crippen LogP contribution in [0, 0.1) is 0 Å². The van der Waals surface area contributed by atoms with Crippen LogP contribution in [0.1, 0.15) is 25.0 Å². The Morgan fingerprint density at radius 2 is 2.20 bits per heavy atom. The molecule has 2 heteroatoms. The zero-order chi connectivity index (χ0) is 11.3. The maximum absolute atomic E-state index is 5.20. The van der Waals surface area contributed by atoms with Gasteiger partial charge in [-0.25, -0.2) is 0 Å². The lowest BCUT2D eigenvalue weighted by atomic mass is 10.1. The first-order valence-electron chi connectivity index (χ1n) is 5.20. The molecule has 0 heterocycles. The van der Waals surface area contributed by atoms with Crippen LogP contribution in [-0.2, 0) is 6.54 Å². The first-order valence-corrected chi connectivity index (χ1v) is 5.20. The van der Waals surface area contributed by atoms with Gasteiger partial charge in [0.2, 0.25) is 0 Å². The summed E-state index contributed by atoms with van der Waals surface area (Å²) in [5.74, 6) is 0.890. The zero-order valence-corrected chi connectivity index (χ0v) is 9.71. The van der Waals surface area contributed by atoms with E-state index in [9.17, 15) is 0 Å². The Bertz CT molecular complexity index is 331. The first kappa shape index (κ1) is 11.8. The fraction of sp³-hybridized carbons (Fsp3) is 0.385. The van der Waals surface area contributed by atoms with Crippen LogP contribution < -0.4 is 10.1 Å². The van der Waals surface area contributed by atoms with Crippen molar-refractivity contribution in [2.45, 2.75) is 26.4 Å². The van der Waals surface area contributed by atoms with E-state index in [1.165, 1.54) is 5.56 Å². The molecular weight excluding hydrogens is 186 g/mol. The van der Waals surface area contributed by atoms with Crippen molar-refractivity contribution >= 4 is 6.08 Å². The minimum Gasteiger partial charge on any atom is -0.497 e. The molecule has 0 spiro atoms. The number of hydrogen-bond acceptors (Lipinski definition) is 2. The molecule has 0 saturated heterocycles. The van der Waals surface area contributed by atoms with Gasteiger partial charge in [0, 0.05) is 12.6 Å². The van der Waals surface area contributed by atoms with E-state index >= 15 is 0 Å². The van der Waals surface area contributed by atoms with Crippen molar-refractivity contribution in [1.82, 2.24) is 5.32 Å². The van der Waals surface area contributed by atoms with Crippen molar-refractivity contribution < 1.29 is 4.74 Å². The summed E-state index contributed by atoms with van der Waals surface area (Å²) in [6.45, 7) is 8.91. The highest BCUT2D eigenvalue weighted by Gasteiger charge is 2.02. The van der Waals surface area contributed by atoms with E-state index in [1.54, 1.807) is 7.11 Å². The minimum atomic E-state index is 0.480. The SMILES string of the molecule is C=Cc1ccc(OC)cc1CNC(C)C. The van der Waals surface area contributed by atoms with Gasteiger partial charge in [-0.15, -0.1) is 0 Å². The van der Waals surface area contributed by atoms with Crippen molar-refractivity contribution in [2.24, 2.45) is 0 Å². The molecule has 0 atom stereocenters. The molecule has 0 aliphatic heterocycles. The molecule has 1 N–H and O–H groups in total. The van der Waals surface area contributed by atoms with Crippen molar-refractivity contribution in [3.8, 4) is 5.75 Å². The molecule has 0 aliphatic rings. The summed E-state index contributed by atoms with van der Waals surface area (Å²) in [5, 5.41) is 3.38. The molecule has 1 aromatic rings. The summed E-state index contributed by atoms with van der Waals surface area (Å²) in [6.07, 6.45) is 1.87. The van der Waals surface area contributed by atoms with Gasteiger partial charge in [0.05, 0.1) is 7.11 Å². The molecule has 82 valence electrons. The van der Waals surface area contributed by atoms with Crippen LogP contribution in [0.3, 0.4) is 0 Å². The molecule has 0 amide bonds. The van der Waals surface area contributed by atoms with E-state index in [1.807, 2.05) is 24.3 Å². The number of nitrogens with one attached hydrogen (secondary N) is 1. The van der Waals surface area contributed by atoms with Gasteiger partial charge in [0.15, 0.2) is 0 Å². The van der Waals surface area contributed by atoms with Crippen molar-refractivity contribution in [1.29, 1.82) is 0 Å². The average Bonchev–Trinajstić information content (AvgIpc) is 2.25. The summed E-state index contributed by atoms with van der Waals surface area (Å²) in [5.41, 5.74) is 2.38. The first-order chi connectivity index (χ1) is 7.17. The fourth-order valence-electron chi connectivity index (χ4n) is 1.38. The summed E-state index contributed by atoms with van der Waals surface area (Å²) in [6, 6.07) is 6.51. The normalized spacial score (nSPS) is 10.4. The van der Waals surface area contributed by atoms with Gasteiger partial charge < -0.3 is 10.1 Å². The van der Waals surface area contributed by atoms with E-state index in [-0.39, 0.29) is 0 Å². The van der Waals surface area contributed by atoms with Crippen LogP contribution in [0.15, 0.2) is 24.8 Å². The van der Waals surface area contributed by atoms with E-state index in [2.05, 4.69) is 25.7 Å². The van der Waals surface area contributed by atoms with Crippen molar-refractivity contribution in [3.63, 3.8) is 0 Å². The molecule has 1 aromatic carbocycles. The van der Waals surface area contributed by atoms with Crippen LogP contribution in [-0.4, -0.2) is 13.2 Å². The maximum atomic E-state index is 5.20. The third-order valence-corrected chi connectivity index (χ3v) is 2.27. The number of benzene rings is 1. The van der Waals surface area contributed by atoms with Crippen LogP contribution in [0.25, 0.3) is 6.08 Å². The third kappa shape index (κ3) is 3.40. The van der Waals surface area contributed by atoms with Gasteiger partial charge in [0.1, 0.15) is 5.75 Å². The van der Waals surface area contributed by atoms with Gasteiger partial charge in [0.25, 0.3) is 0 Å². The predicted molar refractivity (Wildman–Crippen MR) is 65.1 cm³/mol. The van der Waals surface area contributed by atoms with Gasteiger partial charge in [-0.05, 0) is 23.3 Å². The minimum absolute atomic E-state index is 0.480. The van der Waals surface area contributed by atoms with E-state index in [0.29, 0.717) is 6.04 Å². The van der Waals surface area contributed by atoms with Gasteiger partial charge >= 0.3 is 0 Å². The van der Waals surface area contributed by atoms with Gasteiger partial charge in [-0.1, -0.05) is 32.6 Å². The average molecular weight is 205 g/mol. The smallest absolute Gasteiger partial charge is 0.119 e. The Morgan fingerprint density at radius 3 is 2.73 bits per heavy atom. The van der Waals surface area contributed by atoms with Crippen molar-refractivity contribution in [2.75, 3.05) is 7.11 Å². The lowest BCUT2D eigenvalue weighted by Gasteiger charge is -2.12. The predicted octanol–water partition coefficient (Wildman–Crippen LogP) is 2.84. The van der Waals surface area contributed by atoms with E-state index in [0.717, 1.165) is 17.9 Å². The topological polar surface area (TPSA) is 21.3 Å². The highest BCUT2D eigenvalue weighted by Crippen LogP contribution is 2.18. The second kappa shape index (κ2) is 5.56. The molecule has 0 unspecified atom stereocenters. The maximum Gasteiger partial charge on any atom is 0.119 e. The Balaban J connectivity index is 2.86. The highest BCUT2D eigenvalue weighted by molar-refractivity contribution is 5.54. The summed E-state index contributed by atoms with van der Waals surface area (Å²) in [4.78, 5) is 0. The Hall–Kier alpha value is -1.28. The van der Waals surface area contributed by atoms with Crippen molar-refractivity contribution in [3.05, 3.63) is 35.9 Å². The molecule has 1 rings (SSSR count). The van der Waals surface area contributed by atoms with Crippen LogP contribution >= 0.6 is 0 Å². The van der Waals surface area contributed by atoms with E-state index < -0.39 is 0 Å². The Kier molecular flexibility index (Phi) is 4.37. The quantitative estimate of drug-likeness (QED) is 0.798. The molecule has 0 saturated carbocycles. The Morgan fingerprint density at radius 1 is 1.47 bits per heavy atom. The van der Waals surface area contributed by atoms with Gasteiger partial charge in [-0.2, -0.15) is 0 Å². The van der Waals surface area contributed by atoms with E-state index in [4.69, 9.17) is 4.74 Å². The van der Waals surface area contributed by atoms with Crippen LogP contribution in [0.5, 0.6) is 5.75 Å². The zero-order valence-electron chi connectivity index (χ0n) is 9.71. The number of hydrogen-bond donors (Lipinski definition) is 1. The highest BCUT2D eigenvalue weighted by atomic mass is 16.5. The van der Waals surface area contributed by atoms with Crippen LogP contribution in [0.2, 0.25) is 0 Å². The number of rotatable bonds is 5. The molecule has 2 nitrogen and oxygen atoms in total. The lowest BCUT2D eigenvalue weighted by Crippen LogP contribution is -2.22. The largest absolute Gasteiger partial charge is 0.497 e. The standard InChI is InChI=1S/C13H19NO/c1-5-11-6-7-13(15-4)8-12(11)9-14-10(2)3/h5-8,10,14H,1,9H2,2-4H3. The number of ether oxygens (including phenoxy) is 1. The molecule has 0 radical (unpaired) electrons. The molecule has 0 aromatic heterocycles. The molecular formula is C13H19NO. The third-order valence-electron chi connectivity index (χ3n) is 2.27. The Labute approximate surface area is 92.0 Å². The number of methoxy groups -OCH3 is 1. The fourth-order valence-corrected chi connectivity index (χ4v) is 1.38. The lowest BCUT2D eigenvalue weighted by molar-refractivity contribution is 0.414. The summed E-state index contributed by atoms with van der Waals surface area (Å²) in [7, 11) is 1.68. The monoisotopic (exact) mass is 205 g/mol. The van der Waals surface area contributed by atoms with Gasteiger partial charge in [-0.3, -0.25) is 0 Å². The molecule has 0 aliphatic carbocycles. The second-order valence-electron chi connectivity index (χ2n) is 3.80. The van der Waals surface area contributed by atoms with Crippen LogP contribution in [0.4, 0.5) is 0 Å². The summed E-state index contributed by atoms with van der Waals surface area (Å²) >= 11 is 0. The molecule has 0 fully saturated rings.